The van der Waals surface area contributed by atoms with Crippen molar-refractivity contribution in [2.45, 2.75) is 6.54 Å². The number of hydrogen-bond donors (Lipinski definition) is 1. The summed E-state index contributed by atoms with van der Waals surface area (Å²) in [5, 5.41) is 15.2. The maximum Gasteiger partial charge on any atom is 0.260 e. The number of nitrogens with one attached hydrogen (secondary N) is 1. The van der Waals surface area contributed by atoms with E-state index in [0.29, 0.717) is 22.9 Å². The SMILES string of the molecule is COc1nccn2c(CNC(=O)c3cccc(-n4cccn4)c3)nnc12. The average molecular weight is 349 g/mol. The van der Waals surface area contributed by atoms with E-state index in [1.54, 1.807) is 39.8 Å². The molecule has 1 amide bonds. The molecule has 0 aliphatic rings. The maximum absolute atomic E-state index is 12.5. The predicted molar refractivity (Wildman–Crippen MR) is 92.1 cm³/mol. The smallest absolute Gasteiger partial charge is 0.260 e. The molecule has 1 N–H and O–H groups in total. The van der Waals surface area contributed by atoms with Crippen molar-refractivity contribution in [3.63, 3.8) is 0 Å². The number of methoxy groups -OCH3 is 1. The molecule has 0 bridgehead atoms. The molecule has 0 radical (unpaired) electrons. The molecule has 9 heteroatoms. The van der Waals surface area contributed by atoms with Crippen LogP contribution in [0.4, 0.5) is 0 Å². The first-order valence-corrected chi connectivity index (χ1v) is 7.87. The summed E-state index contributed by atoms with van der Waals surface area (Å²) in [4.78, 5) is 16.6. The summed E-state index contributed by atoms with van der Waals surface area (Å²) in [6.07, 6.45) is 6.82. The Kier molecular flexibility index (Phi) is 4.02. The van der Waals surface area contributed by atoms with Gasteiger partial charge in [-0.15, -0.1) is 10.2 Å². The van der Waals surface area contributed by atoms with Gasteiger partial charge in [0.05, 0.1) is 19.3 Å². The topological polar surface area (TPSA) is 99.2 Å². The molecule has 0 saturated heterocycles. The lowest BCUT2D eigenvalue weighted by atomic mass is 10.2. The third-order valence-corrected chi connectivity index (χ3v) is 3.84. The van der Waals surface area contributed by atoms with Gasteiger partial charge in [-0.3, -0.25) is 9.20 Å². The summed E-state index contributed by atoms with van der Waals surface area (Å²) in [5.74, 6) is 0.749. The standard InChI is InChI=1S/C17H15N7O2/c1-26-17-15-22-21-14(23(15)9-7-18-17)11-19-16(25)12-4-2-5-13(10-12)24-8-3-6-20-24/h2-10H,11H2,1H3,(H,19,25). The largest absolute Gasteiger partial charge is 0.478 e. The molecule has 0 spiro atoms. The summed E-state index contributed by atoms with van der Waals surface area (Å²) in [6.45, 7) is 0.221. The van der Waals surface area contributed by atoms with Gasteiger partial charge in [0.2, 0.25) is 5.65 Å². The second-order valence-electron chi connectivity index (χ2n) is 5.43. The van der Waals surface area contributed by atoms with E-state index in [2.05, 4.69) is 25.6 Å². The number of rotatable bonds is 5. The number of aromatic nitrogens is 6. The van der Waals surface area contributed by atoms with Crippen LogP contribution in [0.15, 0.2) is 55.1 Å². The Bertz CT molecular complexity index is 1060. The Morgan fingerprint density at radius 2 is 2.12 bits per heavy atom. The van der Waals surface area contributed by atoms with Gasteiger partial charge in [0, 0.05) is 30.4 Å². The van der Waals surface area contributed by atoms with Gasteiger partial charge < -0.3 is 10.1 Å². The van der Waals surface area contributed by atoms with Crippen molar-refractivity contribution >= 4 is 11.6 Å². The van der Waals surface area contributed by atoms with E-state index in [4.69, 9.17) is 4.74 Å². The van der Waals surface area contributed by atoms with Crippen molar-refractivity contribution in [2.75, 3.05) is 7.11 Å². The first kappa shape index (κ1) is 15.8. The highest BCUT2D eigenvalue weighted by Crippen LogP contribution is 2.14. The summed E-state index contributed by atoms with van der Waals surface area (Å²) in [6, 6.07) is 9.05. The second kappa shape index (κ2) is 6.63. The highest BCUT2D eigenvalue weighted by Gasteiger charge is 2.13. The molecule has 0 fully saturated rings. The summed E-state index contributed by atoms with van der Waals surface area (Å²) in [7, 11) is 1.52. The van der Waals surface area contributed by atoms with Gasteiger partial charge in [-0.25, -0.2) is 9.67 Å². The van der Waals surface area contributed by atoms with Crippen LogP contribution in [0.25, 0.3) is 11.3 Å². The lowest BCUT2D eigenvalue weighted by molar-refractivity contribution is 0.0949. The number of nitrogens with zero attached hydrogens (tertiary/aromatic N) is 6. The molecule has 4 rings (SSSR count). The third-order valence-electron chi connectivity index (χ3n) is 3.84. The van der Waals surface area contributed by atoms with Gasteiger partial charge in [0.25, 0.3) is 11.8 Å². The Balaban J connectivity index is 1.52. The van der Waals surface area contributed by atoms with Crippen LogP contribution < -0.4 is 10.1 Å². The van der Waals surface area contributed by atoms with E-state index in [9.17, 15) is 4.79 Å². The van der Waals surface area contributed by atoms with Crippen molar-refractivity contribution in [3.05, 3.63) is 66.5 Å². The summed E-state index contributed by atoms with van der Waals surface area (Å²) >= 11 is 0. The molecule has 26 heavy (non-hydrogen) atoms. The molecule has 0 saturated carbocycles. The van der Waals surface area contributed by atoms with Crippen LogP contribution in [0.1, 0.15) is 16.2 Å². The Morgan fingerprint density at radius 3 is 2.92 bits per heavy atom. The van der Waals surface area contributed by atoms with Crippen molar-refractivity contribution < 1.29 is 9.53 Å². The predicted octanol–water partition coefficient (Wildman–Crippen LogP) is 1.25. The zero-order valence-corrected chi connectivity index (χ0v) is 13.9. The van der Waals surface area contributed by atoms with Crippen LogP contribution in [0, 0.1) is 0 Å². The van der Waals surface area contributed by atoms with Gasteiger partial charge in [-0.2, -0.15) is 5.10 Å². The number of carbonyl (C=O) groups excluding carboxylic acids is 1. The molecule has 0 atom stereocenters. The first-order chi connectivity index (χ1) is 12.8. The first-order valence-electron chi connectivity index (χ1n) is 7.87. The number of amides is 1. The van der Waals surface area contributed by atoms with Gasteiger partial charge in [-0.05, 0) is 24.3 Å². The number of ether oxygens (including phenoxy) is 1. The molecular formula is C17H15N7O2. The van der Waals surface area contributed by atoms with Gasteiger partial charge in [-0.1, -0.05) is 6.07 Å². The molecular weight excluding hydrogens is 334 g/mol. The monoisotopic (exact) mass is 349 g/mol. The normalized spacial score (nSPS) is 10.8. The van der Waals surface area contributed by atoms with Crippen LogP contribution in [-0.2, 0) is 6.54 Å². The molecule has 1 aromatic carbocycles. The quantitative estimate of drug-likeness (QED) is 0.582. The van der Waals surface area contributed by atoms with E-state index < -0.39 is 0 Å². The van der Waals surface area contributed by atoms with Gasteiger partial charge in [0.1, 0.15) is 0 Å². The van der Waals surface area contributed by atoms with E-state index in [1.807, 2.05) is 24.4 Å². The zero-order chi connectivity index (χ0) is 17.9. The van der Waals surface area contributed by atoms with Crippen LogP contribution in [-0.4, -0.2) is 42.4 Å². The fraction of sp³-hybridized carbons (Fsp3) is 0.118. The zero-order valence-electron chi connectivity index (χ0n) is 13.9. The molecule has 130 valence electrons. The fourth-order valence-corrected chi connectivity index (χ4v) is 2.59. The molecule has 3 aromatic heterocycles. The van der Waals surface area contributed by atoms with Gasteiger partial charge in [0.15, 0.2) is 5.82 Å². The highest BCUT2D eigenvalue weighted by atomic mass is 16.5. The van der Waals surface area contributed by atoms with Crippen molar-refractivity contribution in [1.82, 2.24) is 34.7 Å². The number of benzene rings is 1. The number of fused-ring (bicyclic) bond motifs is 1. The highest BCUT2D eigenvalue weighted by molar-refractivity contribution is 5.94. The Hall–Kier alpha value is -3.75. The van der Waals surface area contributed by atoms with E-state index in [-0.39, 0.29) is 12.5 Å². The summed E-state index contributed by atoms with van der Waals surface area (Å²) < 4.78 is 8.58. The van der Waals surface area contributed by atoms with Crippen LogP contribution in [0.3, 0.4) is 0 Å². The molecule has 4 aromatic rings. The average Bonchev–Trinajstić information content (AvgIpc) is 3.36. The molecule has 3 heterocycles. The van der Waals surface area contributed by atoms with E-state index in [1.165, 1.54) is 7.11 Å². The minimum absolute atomic E-state index is 0.211. The van der Waals surface area contributed by atoms with Crippen LogP contribution in [0.5, 0.6) is 5.88 Å². The third kappa shape index (κ3) is 2.86. The van der Waals surface area contributed by atoms with Crippen molar-refractivity contribution in [2.24, 2.45) is 0 Å². The van der Waals surface area contributed by atoms with E-state index >= 15 is 0 Å². The van der Waals surface area contributed by atoms with Gasteiger partial charge >= 0.3 is 0 Å². The molecule has 0 unspecified atom stereocenters. The van der Waals surface area contributed by atoms with Crippen LogP contribution >= 0.6 is 0 Å². The summed E-state index contributed by atoms with van der Waals surface area (Å²) in [5.41, 5.74) is 1.84. The lowest BCUT2D eigenvalue weighted by Gasteiger charge is -2.07. The Morgan fingerprint density at radius 1 is 1.19 bits per heavy atom. The number of hydrogen-bond acceptors (Lipinski definition) is 6. The van der Waals surface area contributed by atoms with Crippen molar-refractivity contribution in [3.8, 4) is 11.6 Å². The molecule has 9 nitrogen and oxygen atoms in total. The van der Waals surface area contributed by atoms with E-state index in [0.717, 1.165) is 5.69 Å². The number of carbonyl (C=O) groups is 1. The fourth-order valence-electron chi connectivity index (χ4n) is 2.59. The Labute approximate surface area is 148 Å². The molecule has 0 aliphatic heterocycles. The minimum atomic E-state index is -0.211. The van der Waals surface area contributed by atoms with Crippen molar-refractivity contribution in [1.29, 1.82) is 0 Å². The lowest BCUT2D eigenvalue weighted by Crippen LogP contribution is -2.24. The maximum atomic E-state index is 12.5. The second-order valence-corrected chi connectivity index (χ2v) is 5.43. The van der Waals surface area contributed by atoms with Crippen LogP contribution in [0.2, 0.25) is 0 Å². The minimum Gasteiger partial charge on any atom is -0.478 e. The molecule has 0 aliphatic carbocycles.